The molecule has 25 heavy (non-hydrogen) atoms. The van der Waals surface area contributed by atoms with Gasteiger partial charge in [0.1, 0.15) is 0 Å². The van der Waals surface area contributed by atoms with Gasteiger partial charge in [-0.2, -0.15) is 0 Å². The van der Waals surface area contributed by atoms with Crippen molar-refractivity contribution < 1.29 is 0 Å². The summed E-state index contributed by atoms with van der Waals surface area (Å²) in [6.07, 6.45) is 3.79. The molecular formula is C23H28N2. The maximum atomic E-state index is 6.06. The van der Waals surface area contributed by atoms with Gasteiger partial charge >= 0.3 is 0 Å². The molecule has 0 bridgehead atoms. The number of nitrogen functional groups attached to an aromatic ring is 1. The highest BCUT2D eigenvalue weighted by Crippen LogP contribution is 2.65. The molecule has 0 aromatic heterocycles. The van der Waals surface area contributed by atoms with E-state index >= 15 is 0 Å². The van der Waals surface area contributed by atoms with Crippen molar-refractivity contribution in [1.29, 1.82) is 0 Å². The van der Waals surface area contributed by atoms with E-state index in [2.05, 4.69) is 54.3 Å². The maximum Gasteiger partial charge on any atom is 0.0316 e. The van der Waals surface area contributed by atoms with Crippen molar-refractivity contribution in [3.05, 3.63) is 65.2 Å². The molecule has 5 rings (SSSR count). The summed E-state index contributed by atoms with van der Waals surface area (Å²) in [5.74, 6) is 2.49. The zero-order chi connectivity index (χ0) is 17.0. The largest absolute Gasteiger partial charge is 0.399 e. The standard InChI is InChI=1S/C23H28N2/c1-2-23(19-8-5-9-20(24)12-19)21-14-25(15-22(21)23)13-16-10-17-6-3-4-7-18(17)11-16/h3-9,12,16,21-22H,2,10-11,13-15,24H2,1H3. The Morgan fingerprint density at radius 3 is 2.28 bits per heavy atom. The normalized spacial score (nSPS) is 31.1. The van der Waals surface area contributed by atoms with Gasteiger partial charge in [-0.3, -0.25) is 0 Å². The molecule has 130 valence electrons. The lowest BCUT2D eigenvalue weighted by Gasteiger charge is -2.28. The minimum atomic E-state index is 0.407. The first-order valence-electron chi connectivity index (χ1n) is 9.86. The highest BCUT2D eigenvalue weighted by Gasteiger charge is 2.67. The minimum absolute atomic E-state index is 0.407. The quantitative estimate of drug-likeness (QED) is 0.861. The zero-order valence-electron chi connectivity index (χ0n) is 15.1. The number of likely N-dealkylation sites (tertiary alicyclic amines) is 1. The molecule has 1 saturated heterocycles. The first kappa shape index (κ1) is 15.5. The molecule has 1 heterocycles. The van der Waals surface area contributed by atoms with E-state index in [0.717, 1.165) is 23.4 Å². The van der Waals surface area contributed by atoms with Crippen molar-refractivity contribution in [1.82, 2.24) is 4.90 Å². The predicted molar refractivity (Wildman–Crippen MR) is 104 cm³/mol. The van der Waals surface area contributed by atoms with E-state index < -0.39 is 0 Å². The van der Waals surface area contributed by atoms with Crippen LogP contribution in [0.3, 0.4) is 0 Å². The fraction of sp³-hybridized carbons (Fsp3) is 0.478. The van der Waals surface area contributed by atoms with Crippen LogP contribution in [-0.2, 0) is 18.3 Å². The van der Waals surface area contributed by atoms with Crippen LogP contribution in [0.2, 0.25) is 0 Å². The van der Waals surface area contributed by atoms with Crippen molar-refractivity contribution in [2.45, 2.75) is 31.6 Å². The fourth-order valence-electron chi connectivity index (χ4n) is 6.09. The molecule has 2 nitrogen and oxygen atoms in total. The summed E-state index contributed by atoms with van der Waals surface area (Å²) in [5.41, 5.74) is 12.0. The SMILES string of the molecule is CCC1(c2cccc(N)c2)C2CN(CC3Cc4ccccc4C3)CC21. The van der Waals surface area contributed by atoms with Crippen LogP contribution in [-0.4, -0.2) is 24.5 Å². The van der Waals surface area contributed by atoms with Gasteiger partial charge in [0.05, 0.1) is 0 Å². The number of fused-ring (bicyclic) bond motifs is 2. The number of rotatable bonds is 4. The second kappa shape index (κ2) is 5.60. The van der Waals surface area contributed by atoms with Crippen LogP contribution in [0.1, 0.15) is 30.0 Å². The molecule has 2 atom stereocenters. The highest BCUT2D eigenvalue weighted by atomic mass is 15.2. The molecule has 0 amide bonds. The van der Waals surface area contributed by atoms with Crippen molar-refractivity contribution >= 4 is 5.69 Å². The molecule has 1 saturated carbocycles. The van der Waals surface area contributed by atoms with E-state index in [1.165, 1.54) is 44.5 Å². The molecular weight excluding hydrogens is 304 g/mol. The van der Waals surface area contributed by atoms with Gasteiger partial charge < -0.3 is 10.6 Å². The van der Waals surface area contributed by atoms with Crippen LogP contribution < -0.4 is 5.73 Å². The monoisotopic (exact) mass is 332 g/mol. The van der Waals surface area contributed by atoms with Gasteiger partial charge in [0, 0.05) is 30.7 Å². The van der Waals surface area contributed by atoms with E-state index in [9.17, 15) is 0 Å². The average Bonchev–Trinajstić information content (AvgIpc) is 2.92. The predicted octanol–water partition coefficient (Wildman–Crippen LogP) is 3.89. The Bertz CT molecular complexity index is 759. The molecule has 2 aromatic carbocycles. The summed E-state index contributed by atoms with van der Waals surface area (Å²) in [7, 11) is 0. The number of nitrogens with two attached hydrogens (primary N) is 1. The van der Waals surface area contributed by atoms with Crippen LogP contribution >= 0.6 is 0 Å². The summed E-state index contributed by atoms with van der Waals surface area (Å²) in [5, 5.41) is 0. The van der Waals surface area contributed by atoms with Gasteiger partial charge in [-0.25, -0.2) is 0 Å². The molecule has 2 fully saturated rings. The topological polar surface area (TPSA) is 29.3 Å². The Morgan fingerprint density at radius 2 is 1.68 bits per heavy atom. The van der Waals surface area contributed by atoms with Crippen LogP contribution in [0.25, 0.3) is 0 Å². The Hall–Kier alpha value is -1.80. The number of benzene rings is 2. The summed E-state index contributed by atoms with van der Waals surface area (Å²) in [6.45, 7) is 6.19. The number of hydrogen-bond acceptors (Lipinski definition) is 2. The molecule has 0 radical (unpaired) electrons. The second-order valence-corrected chi connectivity index (χ2v) is 8.49. The van der Waals surface area contributed by atoms with E-state index in [0.29, 0.717) is 5.41 Å². The van der Waals surface area contributed by atoms with Gasteiger partial charge in [-0.1, -0.05) is 43.3 Å². The molecule has 0 spiro atoms. The molecule has 3 aliphatic rings. The Kier molecular flexibility index (Phi) is 3.46. The van der Waals surface area contributed by atoms with Gasteiger partial charge in [-0.15, -0.1) is 0 Å². The summed E-state index contributed by atoms with van der Waals surface area (Å²) < 4.78 is 0. The number of piperidine rings is 1. The number of nitrogens with zero attached hydrogens (tertiary/aromatic N) is 1. The van der Waals surface area contributed by atoms with Crippen LogP contribution in [0.4, 0.5) is 5.69 Å². The van der Waals surface area contributed by atoms with Gasteiger partial charge in [0.25, 0.3) is 0 Å². The third-order valence-electron chi connectivity index (χ3n) is 7.27. The van der Waals surface area contributed by atoms with Crippen LogP contribution in [0.15, 0.2) is 48.5 Å². The van der Waals surface area contributed by atoms with E-state index in [1.807, 2.05) is 6.07 Å². The molecule has 2 aromatic rings. The Labute approximate surface area is 151 Å². The molecule has 2 aliphatic carbocycles. The third-order valence-corrected chi connectivity index (χ3v) is 7.27. The van der Waals surface area contributed by atoms with E-state index in [1.54, 1.807) is 11.1 Å². The Morgan fingerprint density at radius 1 is 1.00 bits per heavy atom. The Balaban J connectivity index is 1.25. The smallest absolute Gasteiger partial charge is 0.0316 e. The lowest BCUT2D eigenvalue weighted by molar-refractivity contribution is 0.233. The van der Waals surface area contributed by atoms with Crippen molar-refractivity contribution in [2.24, 2.45) is 17.8 Å². The second-order valence-electron chi connectivity index (χ2n) is 8.49. The molecule has 2 N–H and O–H groups in total. The first-order valence-corrected chi connectivity index (χ1v) is 9.86. The van der Waals surface area contributed by atoms with Gasteiger partial charge in [0.15, 0.2) is 0 Å². The summed E-state index contributed by atoms with van der Waals surface area (Å²) in [4.78, 5) is 2.74. The highest BCUT2D eigenvalue weighted by molar-refractivity contribution is 5.48. The zero-order valence-corrected chi connectivity index (χ0v) is 15.1. The maximum absolute atomic E-state index is 6.06. The lowest BCUT2D eigenvalue weighted by atomic mass is 9.87. The average molecular weight is 332 g/mol. The lowest BCUT2D eigenvalue weighted by Crippen LogP contribution is -2.34. The van der Waals surface area contributed by atoms with Crippen molar-refractivity contribution in [3.63, 3.8) is 0 Å². The molecule has 1 aliphatic heterocycles. The third kappa shape index (κ3) is 2.34. The first-order chi connectivity index (χ1) is 12.2. The van der Waals surface area contributed by atoms with Gasteiger partial charge in [-0.05, 0) is 65.8 Å². The number of anilines is 1. The summed E-state index contributed by atoms with van der Waals surface area (Å²) in [6, 6.07) is 17.7. The summed E-state index contributed by atoms with van der Waals surface area (Å²) >= 11 is 0. The molecule has 2 unspecified atom stereocenters. The van der Waals surface area contributed by atoms with Crippen molar-refractivity contribution in [2.75, 3.05) is 25.4 Å². The minimum Gasteiger partial charge on any atom is -0.399 e. The van der Waals surface area contributed by atoms with Crippen LogP contribution in [0.5, 0.6) is 0 Å². The number of hydrogen-bond donors (Lipinski definition) is 1. The van der Waals surface area contributed by atoms with Crippen LogP contribution in [0, 0.1) is 17.8 Å². The molecule has 2 heteroatoms. The fourth-order valence-corrected chi connectivity index (χ4v) is 6.09. The van der Waals surface area contributed by atoms with Crippen molar-refractivity contribution in [3.8, 4) is 0 Å². The van der Waals surface area contributed by atoms with E-state index in [4.69, 9.17) is 5.73 Å². The van der Waals surface area contributed by atoms with E-state index in [-0.39, 0.29) is 0 Å². The van der Waals surface area contributed by atoms with Gasteiger partial charge in [0.2, 0.25) is 0 Å².